The number of benzene rings is 1. The number of aromatic nitrogens is 3. The van der Waals surface area contributed by atoms with Gasteiger partial charge < -0.3 is 5.11 Å². The molecule has 6 heteroatoms. The zero-order chi connectivity index (χ0) is 14.5. The van der Waals surface area contributed by atoms with E-state index in [2.05, 4.69) is 17.0 Å². The number of unbranched alkanes of at least 4 members (excludes halogenated alkanes) is 1. The molecule has 0 saturated heterocycles. The number of nitrogens with zero attached hydrogens (tertiary/aromatic N) is 3. The molecule has 2 aromatic rings. The fourth-order valence-corrected chi connectivity index (χ4v) is 2.43. The van der Waals surface area contributed by atoms with Crippen molar-refractivity contribution < 1.29 is 5.11 Å². The van der Waals surface area contributed by atoms with E-state index in [4.69, 9.17) is 23.2 Å². The van der Waals surface area contributed by atoms with Crippen molar-refractivity contribution in [2.24, 2.45) is 0 Å². The number of rotatable bonds is 5. The van der Waals surface area contributed by atoms with E-state index in [0.717, 1.165) is 24.0 Å². The summed E-state index contributed by atoms with van der Waals surface area (Å²) < 4.78 is 1.33. The van der Waals surface area contributed by atoms with Crippen LogP contribution >= 0.6 is 23.2 Å². The predicted molar refractivity (Wildman–Crippen MR) is 81.7 cm³/mol. The quantitative estimate of drug-likeness (QED) is 0.817. The molecule has 0 unspecified atom stereocenters. The molecule has 0 bridgehead atoms. The van der Waals surface area contributed by atoms with Crippen LogP contribution in [0.3, 0.4) is 0 Å². The van der Waals surface area contributed by atoms with Gasteiger partial charge in [0.2, 0.25) is 5.88 Å². The normalized spacial score (nSPS) is 12.3. The summed E-state index contributed by atoms with van der Waals surface area (Å²) in [6.45, 7) is 2.09. The third kappa shape index (κ3) is 3.32. The lowest BCUT2D eigenvalue weighted by atomic mass is 10.0. The molecule has 106 valence electrons. The number of halogens is 2. The Kier molecular flexibility index (Phi) is 5.04. The van der Waals surface area contributed by atoms with Gasteiger partial charge in [0, 0.05) is 21.2 Å². The third-order valence-electron chi connectivity index (χ3n) is 2.94. The molecule has 1 heterocycles. The van der Waals surface area contributed by atoms with Crippen LogP contribution in [0.4, 0.5) is 0 Å². The smallest absolute Gasteiger partial charge is 0.217 e. The van der Waals surface area contributed by atoms with Crippen LogP contribution in [0.2, 0.25) is 10.0 Å². The van der Waals surface area contributed by atoms with Crippen molar-refractivity contribution in [1.82, 2.24) is 14.8 Å². The largest absolute Gasteiger partial charge is 0.493 e. The molecule has 0 atom stereocenters. The van der Waals surface area contributed by atoms with Crippen molar-refractivity contribution in [2.75, 3.05) is 0 Å². The van der Waals surface area contributed by atoms with Gasteiger partial charge in [0.25, 0.3) is 0 Å². The van der Waals surface area contributed by atoms with Gasteiger partial charge in [-0.3, -0.25) is 0 Å². The summed E-state index contributed by atoms with van der Waals surface area (Å²) in [5, 5.41) is 15.4. The molecule has 20 heavy (non-hydrogen) atoms. The first-order chi connectivity index (χ1) is 9.63. The van der Waals surface area contributed by atoms with Gasteiger partial charge in [-0.05, 0) is 25.0 Å². The van der Waals surface area contributed by atoms with Gasteiger partial charge in [-0.1, -0.05) is 42.6 Å². The Hall–Kier alpha value is -1.52. The van der Waals surface area contributed by atoms with Crippen molar-refractivity contribution >= 4 is 34.7 Å². The van der Waals surface area contributed by atoms with Crippen molar-refractivity contribution in [3.8, 4) is 0 Å². The molecule has 0 saturated carbocycles. The van der Waals surface area contributed by atoms with E-state index < -0.39 is 0 Å². The summed E-state index contributed by atoms with van der Waals surface area (Å²) >= 11 is 12.1. The lowest BCUT2D eigenvalue weighted by Crippen LogP contribution is -2.02. The summed E-state index contributed by atoms with van der Waals surface area (Å²) in [4.78, 5) is 3.84. The molecule has 0 radical (unpaired) electrons. The molecule has 0 spiro atoms. The highest BCUT2D eigenvalue weighted by atomic mass is 35.5. The lowest BCUT2D eigenvalue weighted by molar-refractivity contribution is 0.457. The van der Waals surface area contributed by atoms with Crippen LogP contribution < -0.4 is 0 Å². The van der Waals surface area contributed by atoms with Crippen molar-refractivity contribution in [3.63, 3.8) is 0 Å². The zero-order valence-electron chi connectivity index (χ0n) is 11.1. The van der Waals surface area contributed by atoms with Crippen LogP contribution in [-0.4, -0.2) is 19.9 Å². The fraction of sp³-hybridized carbons (Fsp3) is 0.286. The molecule has 1 aromatic heterocycles. The van der Waals surface area contributed by atoms with E-state index >= 15 is 0 Å². The van der Waals surface area contributed by atoms with Gasteiger partial charge in [0.15, 0.2) is 0 Å². The topological polar surface area (TPSA) is 50.9 Å². The third-order valence-corrected chi connectivity index (χ3v) is 3.49. The SMILES string of the molecule is CCCC/C(=C(/O)n1cncn1)c1ccc(Cl)cc1Cl. The number of aliphatic hydroxyl groups is 1. The van der Waals surface area contributed by atoms with Crippen molar-refractivity contribution in [3.05, 3.63) is 46.5 Å². The van der Waals surface area contributed by atoms with E-state index in [9.17, 15) is 5.11 Å². The van der Waals surface area contributed by atoms with E-state index in [0.29, 0.717) is 16.5 Å². The summed E-state index contributed by atoms with van der Waals surface area (Å²) in [5.41, 5.74) is 1.50. The second kappa shape index (κ2) is 6.77. The molecule has 0 aliphatic heterocycles. The van der Waals surface area contributed by atoms with Gasteiger partial charge in [0.05, 0.1) is 0 Å². The van der Waals surface area contributed by atoms with Crippen LogP contribution in [0.5, 0.6) is 0 Å². The van der Waals surface area contributed by atoms with Gasteiger partial charge in [0.1, 0.15) is 12.7 Å². The minimum Gasteiger partial charge on any atom is -0.493 e. The number of hydrogen-bond acceptors (Lipinski definition) is 3. The number of aliphatic hydroxyl groups excluding tert-OH is 1. The van der Waals surface area contributed by atoms with E-state index in [1.54, 1.807) is 12.1 Å². The molecule has 4 nitrogen and oxygen atoms in total. The van der Waals surface area contributed by atoms with E-state index in [1.807, 2.05) is 6.07 Å². The van der Waals surface area contributed by atoms with Crippen LogP contribution in [0.1, 0.15) is 31.7 Å². The Morgan fingerprint density at radius 2 is 2.15 bits per heavy atom. The first kappa shape index (κ1) is 14.9. The molecular formula is C14H15Cl2N3O. The predicted octanol–water partition coefficient (Wildman–Crippen LogP) is 4.66. The van der Waals surface area contributed by atoms with Gasteiger partial charge in [-0.15, -0.1) is 0 Å². The highest BCUT2D eigenvalue weighted by Crippen LogP contribution is 2.32. The van der Waals surface area contributed by atoms with Crippen molar-refractivity contribution in [1.29, 1.82) is 0 Å². The molecule has 1 aromatic carbocycles. The maximum Gasteiger partial charge on any atom is 0.217 e. The highest BCUT2D eigenvalue weighted by molar-refractivity contribution is 6.35. The Balaban J connectivity index is 2.49. The number of hydrogen-bond donors (Lipinski definition) is 1. The first-order valence-electron chi connectivity index (χ1n) is 6.36. The molecular weight excluding hydrogens is 297 g/mol. The fourth-order valence-electron chi connectivity index (χ4n) is 1.91. The number of allylic oxidation sites excluding steroid dienone is 1. The molecule has 0 amide bonds. The average Bonchev–Trinajstić information content (AvgIpc) is 2.94. The van der Waals surface area contributed by atoms with Crippen LogP contribution in [0.25, 0.3) is 11.5 Å². The molecule has 0 aliphatic carbocycles. The second-order valence-electron chi connectivity index (χ2n) is 4.37. The first-order valence-corrected chi connectivity index (χ1v) is 7.11. The van der Waals surface area contributed by atoms with Crippen LogP contribution in [0, 0.1) is 0 Å². The van der Waals surface area contributed by atoms with Crippen LogP contribution in [0.15, 0.2) is 30.9 Å². The average molecular weight is 312 g/mol. The maximum atomic E-state index is 10.4. The van der Waals surface area contributed by atoms with Gasteiger partial charge in [-0.25, -0.2) is 4.98 Å². The Morgan fingerprint density at radius 1 is 1.35 bits per heavy atom. The second-order valence-corrected chi connectivity index (χ2v) is 5.21. The summed E-state index contributed by atoms with van der Waals surface area (Å²) in [6, 6.07) is 5.23. The highest BCUT2D eigenvalue weighted by Gasteiger charge is 2.14. The summed E-state index contributed by atoms with van der Waals surface area (Å²) in [5.74, 6) is 0.0418. The molecule has 0 aliphatic rings. The zero-order valence-corrected chi connectivity index (χ0v) is 12.6. The maximum absolute atomic E-state index is 10.4. The Bertz CT molecular complexity index is 609. The molecule has 2 rings (SSSR count). The monoisotopic (exact) mass is 311 g/mol. The van der Waals surface area contributed by atoms with Gasteiger partial charge in [-0.2, -0.15) is 9.78 Å². The minimum absolute atomic E-state index is 0.0418. The molecule has 1 N–H and O–H groups in total. The lowest BCUT2D eigenvalue weighted by Gasteiger charge is -2.12. The summed E-state index contributed by atoms with van der Waals surface area (Å²) in [7, 11) is 0. The molecule has 0 fully saturated rings. The standard InChI is InChI=1S/C14H15Cl2N3O/c1-2-3-4-12(14(20)19-9-17-8-18-19)11-6-5-10(15)7-13(11)16/h5-9,20H,2-4H2,1H3/b14-12-. The Labute approximate surface area is 127 Å². The Morgan fingerprint density at radius 3 is 2.75 bits per heavy atom. The van der Waals surface area contributed by atoms with E-state index in [-0.39, 0.29) is 5.88 Å². The van der Waals surface area contributed by atoms with E-state index in [1.165, 1.54) is 17.3 Å². The van der Waals surface area contributed by atoms with Crippen molar-refractivity contribution in [2.45, 2.75) is 26.2 Å². The summed E-state index contributed by atoms with van der Waals surface area (Å²) in [6.07, 6.45) is 5.47. The van der Waals surface area contributed by atoms with Gasteiger partial charge >= 0.3 is 0 Å². The minimum atomic E-state index is 0.0418. The van der Waals surface area contributed by atoms with Crippen LogP contribution in [-0.2, 0) is 0 Å².